The summed E-state index contributed by atoms with van der Waals surface area (Å²) in [4.78, 5) is 27.5. The molecule has 1 aromatic carbocycles. The van der Waals surface area contributed by atoms with Crippen LogP contribution >= 0.6 is 0 Å². The van der Waals surface area contributed by atoms with E-state index >= 15 is 0 Å². The van der Waals surface area contributed by atoms with Crippen LogP contribution in [0.25, 0.3) is 0 Å². The van der Waals surface area contributed by atoms with Crippen LogP contribution in [0.5, 0.6) is 0 Å². The van der Waals surface area contributed by atoms with E-state index in [0.29, 0.717) is 12.8 Å². The van der Waals surface area contributed by atoms with Gasteiger partial charge in [-0.3, -0.25) is 14.4 Å². The fraction of sp³-hybridized carbons (Fsp3) is 0.467. The lowest BCUT2D eigenvalue weighted by atomic mass is 9.97. The quantitative estimate of drug-likeness (QED) is 0.556. The van der Waals surface area contributed by atoms with Crippen LogP contribution in [0.3, 0.4) is 0 Å². The largest absolute Gasteiger partial charge is 0.481 e. The van der Waals surface area contributed by atoms with Gasteiger partial charge in [0.15, 0.2) is 0 Å². The molecule has 0 saturated heterocycles. The van der Waals surface area contributed by atoms with Gasteiger partial charge in [0.05, 0.1) is 12.5 Å². The van der Waals surface area contributed by atoms with Crippen LogP contribution in [0, 0.1) is 11.8 Å². The number of carbonyl (C=O) groups is 2. The highest BCUT2D eigenvalue weighted by Gasteiger charge is 2.22. The fourth-order valence-electron chi connectivity index (χ4n) is 1.90. The van der Waals surface area contributed by atoms with Gasteiger partial charge in [0.1, 0.15) is 6.61 Å². The maximum Gasteiger partial charge on any atom is 0.308 e. The van der Waals surface area contributed by atoms with Crippen molar-refractivity contribution in [3.63, 3.8) is 0 Å². The summed E-state index contributed by atoms with van der Waals surface area (Å²) in [6, 6.07) is 9.41. The van der Waals surface area contributed by atoms with Gasteiger partial charge < -0.3 is 5.11 Å². The molecule has 0 heterocycles. The highest BCUT2D eigenvalue weighted by molar-refractivity contribution is 5.70. The van der Waals surface area contributed by atoms with E-state index in [0.717, 1.165) is 10.6 Å². The average Bonchev–Trinajstić information content (AvgIpc) is 2.42. The molecule has 1 rings (SSSR count). The minimum absolute atomic E-state index is 0.0594. The lowest BCUT2D eigenvalue weighted by Crippen LogP contribution is -2.33. The molecule has 110 valence electrons. The van der Waals surface area contributed by atoms with Crippen LogP contribution in [-0.2, 0) is 21.0 Å². The molecule has 0 spiro atoms. The second-order valence-electron chi connectivity index (χ2n) is 5.13. The van der Waals surface area contributed by atoms with Gasteiger partial charge in [-0.05, 0) is 17.9 Å². The zero-order chi connectivity index (χ0) is 15.0. The monoisotopic (exact) mass is 279 g/mol. The Hall–Kier alpha value is -1.88. The van der Waals surface area contributed by atoms with Crippen molar-refractivity contribution >= 4 is 12.4 Å². The molecule has 1 aromatic rings. The third-order valence-corrected chi connectivity index (χ3v) is 2.86. The summed E-state index contributed by atoms with van der Waals surface area (Å²) in [7, 11) is 0. The number of carboxylic acids is 1. The van der Waals surface area contributed by atoms with Gasteiger partial charge in [-0.1, -0.05) is 44.2 Å². The second kappa shape index (κ2) is 8.32. The summed E-state index contributed by atoms with van der Waals surface area (Å²) in [6.45, 7) is 4.20. The first-order valence-electron chi connectivity index (χ1n) is 6.64. The predicted molar refractivity (Wildman–Crippen MR) is 74.6 cm³/mol. The summed E-state index contributed by atoms with van der Waals surface area (Å²) in [6.07, 6.45) is 1.04. The Morgan fingerprint density at radius 1 is 1.35 bits per heavy atom. The van der Waals surface area contributed by atoms with Crippen molar-refractivity contribution in [1.82, 2.24) is 5.06 Å². The first-order valence-corrected chi connectivity index (χ1v) is 6.64. The number of nitrogens with zero attached hydrogens (tertiary/aromatic N) is 1. The number of amides is 1. The molecule has 0 bridgehead atoms. The summed E-state index contributed by atoms with van der Waals surface area (Å²) in [5.74, 6) is -1.27. The maximum absolute atomic E-state index is 11.2. The second-order valence-corrected chi connectivity index (χ2v) is 5.13. The van der Waals surface area contributed by atoms with Crippen LogP contribution in [0.2, 0.25) is 0 Å². The molecule has 0 aliphatic carbocycles. The lowest BCUT2D eigenvalue weighted by molar-refractivity contribution is -0.184. The Balaban J connectivity index is 2.52. The van der Waals surface area contributed by atoms with Crippen molar-refractivity contribution in [2.45, 2.75) is 26.9 Å². The van der Waals surface area contributed by atoms with Gasteiger partial charge >= 0.3 is 5.97 Å². The van der Waals surface area contributed by atoms with Crippen LogP contribution in [0.4, 0.5) is 0 Å². The van der Waals surface area contributed by atoms with E-state index in [4.69, 9.17) is 9.94 Å². The average molecular weight is 279 g/mol. The number of hydroxylamine groups is 2. The molecule has 5 heteroatoms. The molecule has 20 heavy (non-hydrogen) atoms. The van der Waals surface area contributed by atoms with Crippen LogP contribution in [0.15, 0.2) is 30.3 Å². The molecule has 0 saturated carbocycles. The Bertz CT molecular complexity index is 419. The number of hydrogen-bond acceptors (Lipinski definition) is 3. The normalized spacial score (nSPS) is 12.2. The Morgan fingerprint density at radius 3 is 2.50 bits per heavy atom. The number of carbonyl (C=O) groups excluding carboxylic acids is 1. The van der Waals surface area contributed by atoms with Crippen LogP contribution in [-0.4, -0.2) is 29.1 Å². The van der Waals surface area contributed by atoms with Crippen LogP contribution < -0.4 is 0 Å². The van der Waals surface area contributed by atoms with Gasteiger partial charge in [0.2, 0.25) is 6.41 Å². The van der Waals surface area contributed by atoms with Crippen molar-refractivity contribution in [2.24, 2.45) is 11.8 Å². The summed E-state index contributed by atoms with van der Waals surface area (Å²) < 4.78 is 0. The summed E-state index contributed by atoms with van der Waals surface area (Å²) >= 11 is 0. The molecule has 0 aliphatic rings. The van der Waals surface area contributed by atoms with E-state index in [-0.39, 0.29) is 19.1 Å². The summed E-state index contributed by atoms with van der Waals surface area (Å²) in [5.41, 5.74) is 0.926. The summed E-state index contributed by atoms with van der Waals surface area (Å²) in [5, 5.41) is 10.2. The third kappa shape index (κ3) is 5.84. The first-order chi connectivity index (χ1) is 9.52. The maximum atomic E-state index is 11.2. The molecular weight excluding hydrogens is 258 g/mol. The molecule has 1 amide bonds. The molecule has 0 radical (unpaired) electrons. The van der Waals surface area contributed by atoms with Gasteiger partial charge in [-0.15, -0.1) is 0 Å². The van der Waals surface area contributed by atoms with Gasteiger partial charge in [-0.2, -0.15) is 0 Å². The smallest absolute Gasteiger partial charge is 0.308 e. The predicted octanol–water partition coefficient (Wildman–Crippen LogP) is 2.32. The molecule has 0 aromatic heterocycles. The van der Waals surface area contributed by atoms with E-state index < -0.39 is 11.9 Å². The van der Waals surface area contributed by atoms with E-state index in [1.807, 2.05) is 44.2 Å². The number of benzene rings is 1. The molecular formula is C15H21NO4. The number of aliphatic carboxylic acids is 1. The van der Waals surface area contributed by atoms with E-state index in [9.17, 15) is 9.59 Å². The highest BCUT2D eigenvalue weighted by Crippen LogP contribution is 2.14. The zero-order valence-corrected chi connectivity index (χ0v) is 11.9. The lowest BCUT2D eigenvalue weighted by Gasteiger charge is -2.22. The first kappa shape index (κ1) is 16.2. The number of carboxylic acid groups (broad SMARTS) is 1. The molecule has 1 N–H and O–H groups in total. The minimum Gasteiger partial charge on any atom is -0.481 e. The van der Waals surface area contributed by atoms with E-state index in [2.05, 4.69) is 0 Å². The van der Waals surface area contributed by atoms with Gasteiger partial charge in [-0.25, -0.2) is 5.06 Å². The van der Waals surface area contributed by atoms with E-state index in [1.54, 1.807) is 0 Å². The molecule has 0 aliphatic heterocycles. The zero-order valence-electron chi connectivity index (χ0n) is 11.9. The SMILES string of the molecule is CC(C)C[C@H](CN(C=O)OCc1ccccc1)C(=O)O. The van der Waals surface area contributed by atoms with Crippen LogP contribution in [0.1, 0.15) is 25.8 Å². The minimum atomic E-state index is -0.908. The Labute approximate surface area is 119 Å². The molecule has 1 atom stereocenters. The number of rotatable bonds is 9. The standard InChI is InChI=1S/C15H21NO4/c1-12(2)8-14(15(18)19)9-16(11-17)20-10-13-6-4-3-5-7-13/h3-7,11-12,14H,8-10H2,1-2H3,(H,18,19)/t14-/m1/s1. The third-order valence-electron chi connectivity index (χ3n) is 2.86. The molecule has 0 unspecified atom stereocenters. The van der Waals surface area contributed by atoms with Gasteiger partial charge in [0.25, 0.3) is 0 Å². The highest BCUT2D eigenvalue weighted by atomic mass is 16.7. The van der Waals surface area contributed by atoms with E-state index in [1.165, 1.54) is 0 Å². The Morgan fingerprint density at radius 2 is 2.00 bits per heavy atom. The topological polar surface area (TPSA) is 66.8 Å². The van der Waals surface area contributed by atoms with Gasteiger partial charge in [0, 0.05) is 0 Å². The van der Waals surface area contributed by atoms with Crippen molar-refractivity contribution in [1.29, 1.82) is 0 Å². The Kier molecular flexibility index (Phi) is 6.73. The molecule has 0 fully saturated rings. The van der Waals surface area contributed by atoms with Crippen molar-refractivity contribution < 1.29 is 19.5 Å². The van der Waals surface area contributed by atoms with Crippen molar-refractivity contribution in [3.05, 3.63) is 35.9 Å². The number of hydrogen-bond donors (Lipinski definition) is 1. The molecule has 5 nitrogen and oxygen atoms in total. The van der Waals surface area contributed by atoms with Crippen molar-refractivity contribution in [3.8, 4) is 0 Å². The fourth-order valence-corrected chi connectivity index (χ4v) is 1.90. The van der Waals surface area contributed by atoms with Crippen molar-refractivity contribution in [2.75, 3.05) is 6.54 Å².